The average molecular weight is 323 g/mol. The van der Waals surface area contributed by atoms with E-state index in [0.29, 0.717) is 11.4 Å². The Kier molecular flexibility index (Phi) is 3.66. The van der Waals surface area contributed by atoms with Crippen LogP contribution in [0.5, 0.6) is 11.5 Å². The van der Waals surface area contributed by atoms with Crippen molar-refractivity contribution in [3.8, 4) is 11.5 Å². The zero-order valence-corrected chi connectivity index (χ0v) is 12.6. The molecule has 1 heterocycles. The van der Waals surface area contributed by atoms with Crippen molar-refractivity contribution in [1.82, 2.24) is 0 Å². The number of sulfonamides is 1. The van der Waals surface area contributed by atoms with Gasteiger partial charge in [-0.3, -0.25) is 4.31 Å². The van der Waals surface area contributed by atoms with Crippen molar-refractivity contribution in [1.29, 1.82) is 0 Å². The molecule has 0 fully saturated rings. The van der Waals surface area contributed by atoms with Gasteiger partial charge in [-0.2, -0.15) is 0 Å². The minimum Gasteiger partial charge on any atom is -0.495 e. The predicted molar refractivity (Wildman–Crippen MR) is 79.4 cm³/mol. The lowest BCUT2D eigenvalue weighted by molar-refractivity contribution is 0.315. The van der Waals surface area contributed by atoms with Crippen LogP contribution in [-0.2, 0) is 10.0 Å². The van der Waals surface area contributed by atoms with Gasteiger partial charge >= 0.3 is 0 Å². The first kappa shape index (κ1) is 14.6. The van der Waals surface area contributed by atoms with Gasteiger partial charge in [-0.05, 0) is 30.3 Å². The summed E-state index contributed by atoms with van der Waals surface area (Å²) >= 11 is 0. The normalized spacial score (nSPS) is 14.2. The lowest BCUT2D eigenvalue weighted by atomic mass is 10.2. The molecule has 0 aliphatic carbocycles. The summed E-state index contributed by atoms with van der Waals surface area (Å²) in [5.74, 6) is -0.0565. The minimum absolute atomic E-state index is 0.102. The third-order valence-electron chi connectivity index (χ3n) is 3.38. The van der Waals surface area contributed by atoms with Crippen LogP contribution >= 0.6 is 0 Å². The average Bonchev–Trinajstić information content (AvgIpc) is 2.54. The molecule has 2 aromatic rings. The summed E-state index contributed by atoms with van der Waals surface area (Å²) in [6, 6.07) is 10.3. The molecule has 0 atom stereocenters. The first-order valence-corrected chi connectivity index (χ1v) is 8.06. The molecule has 116 valence electrons. The topological polar surface area (TPSA) is 55.8 Å². The van der Waals surface area contributed by atoms with Crippen molar-refractivity contribution < 1.29 is 22.3 Å². The summed E-state index contributed by atoms with van der Waals surface area (Å²) in [6.45, 7) is 0.382. The number of fused-ring (bicyclic) bond motifs is 1. The molecular weight excluding hydrogens is 309 g/mol. The zero-order valence-electron chi connectivity index (χ0n) is 11.8. The summed E-state index contributed by atoms with van der Waals surface area (Å²) in [5.41, 5.74) is 0.431. The SMILES string of the molecule is COc1ccc(F)cc1S(=O)(=O)N1CCOc2ccccc21. The molecule has 0 N–H and O–H groups in total. The van der Waals surface area contributed by atoms with Crippen molar-refractivity contribution in [3.05, 3.63) is 48.3 Å². The summed E-state index contributed by atoms with van der Waals surface area (Å²) in [6.07, 6.45) is 0. The minimum atomic E-state index is -3.95. The van der Waals surface area contributed by atoms with Gasteiger partial charge in [-0.15, -0.1) is 0 Å². The number of para-hydroxylation sites is 2. The molecular formula is C15H14FNO4S. The third kappa shape index (κ3) is 2.37. The Morgan fingerprint density at radius 3 is 2.77 bits per heavy atom. The van der Waals surface area contributed by atoms with E-state index in [4.69, 9.17) is 9.47 Å². The van der Waals surface area contributed by atoms with E-state index in [1.165, 1.54) is 17.5 Å². The van der Waals surface area contributed by atoms with E-state index in [0.717, 1.165) is 12.1 Å². The van der Waals surface area contributed by atoms with Gasteiger partial charge < -0.3 is 9.47 Å². The molecule has 0 spiro atoms. The van der Waals surface area contributed by atoms with Crippen molar-refractivity contribution in [3.63, 3.8) is 0 Å². The number of hydrogen-bond donors (Lipinski definition) is 0. The third-order valence-corrected chi connectivity index (χ3v) is 5.21. The first-order valence-electron chi connectivity index (χ1n) is 6.62. The molecule has 0 bridgehead atoms. The second kappa shape index (κ2) is 5.49. The number of nitrogens with zero attached hydrogens (tertiary/aromatic N) is 1. The molecule has 0 unspecified atom stereocenters. The highest BCUT2D eigenvalue weighted by atomic mass is 32.2. The molecule has 0 amide bonds. The standard InChI is InChI=1S/C15H14FNO4S/c1-20-14-7-6-11(16)10-15(14)22(18,19)17-8-9-21-13-5-3-2-4-12(13)17/h2-7,10H,8-9H2,1H3. The van der Waals surface area contributed by atoms with Gasteiger partial charge in [0.1, 0.15) is 28.8 Å². The fourth-order valence-electron chi connectivity index (χ4n) is 2.36. The van der Waals surface area contributed by atoms with Crippen molar-refractivity contribution >= 4 is 15.7 Å². The maximum absolute atomic E-state index is 13.5. The number of methoxy groups -OCH3 is 1. The van der Waals surface area contributed by atoms with Crippen LogP contribution in [0.2, 0.25) is 0 Å². The van der Waals surface area contributed by atoms with Crippen molar-refractivity contribution in [2.45, 2.75) is 4.90 Å². The predicted octanol–water partition coefficient (Wildman–Crippen LogP) is 2.42. The molecule has 1 aliphatic heterocycles. The van der Waals surface area contributed by atoms with Crippen LogP contribution in [0.1, 0.15) is 0 Å². The molecule has 0 saturated heterocycles. The number of rotatable bonds is 3. The molecule has 0 aromatic heterocycles. The van der Waals surface area contributed by atoms with Gasteiger partial charge in [0.2, 0.25) is 0 Å². The van der Waals surface area contributed by atoms with Crippen LogP contribution in [0.25, 0.3) is 0 Å². The zero-order chi connectivity index (χ0) is 15.7. The summed E-state index contributed by atoms with van der Waals surface area (Å²) < 4.78 is 51.1. The van der Waals surface area contributed by atoms with E-state index in [-0.39, 0.29) is 23.8 Å². The van der Waals surface area contributed by atoms with E-state index in [1.54, 1.807) is 24.3 Å². The number of halogens is 1. The Balaban J connectivity index is 2.14. The van der Waals surface area contributed by atoms with Gasteiger partial charge in [-0.25, -0.2) is 12.8 Å². The monoisotopic (exact) mass is 323 g/mol. The Hall–Kier alpha value is -2.28. The van der Waals surface area contributed by atoms with Crippen LogP contribution < -0.4 is 13.8 Å². The molecule has 22 heavy (non-hydrogen) atoms. The quantitative estimate of drug-likeness (QED) is 0.870. The van der Waals surface area contributed by atoms with Crippen LogP contribution in [0.15, 0.2) is 47.4 Å². The smallest absolute Gasteiger partial charge is 0.268 e. The second-order valence-electron chi connectivity index (χ2n) is 4.69. The van der Waals surface area contributed by atoms with Gasteiger partial charge in [0.05, 0.1) is 19.3 Å². The van der Waals surface area contributed by atoms with E-state index in [9.17, 15) is 12.8 Å². The number of anilines is 1. The molecule has 0 saturated carbocycles. The molecule has 2 aromatic carbocycles. The Bertz CT molecular complexity index is 807. The molecule has 5 nitrogen and oxygen atoms in total. The van der Waals surface area contributed by atoms with Crippen molar-refractivity contribution in [2.24, 2.45) is 0 Å². The van der Waals surface area contributed by atoms with Crippen molar-refractivity contribution in [2.75, 3.05) is 24.6 Å². The maximum atomic E-state index is 13.5. The van der Waals surface area contributed by atoms with Crippen LogP contribution in [0.3, 0.4) is 0 Å². The first-order chi connectivity index (χ1) is 10.5. The van der Waals surface area contributed by atoms with Crippen LogP contribution in [-0.4, -0.2) is 28.7 Å². The van der Waals surface area contributed by atoms with E-state index in [1.807, 2.05) is 0 Å². The number of hydrogen-bond acceptors (Lipinski definition) is 4. The van der Waals surface area contributed by atoms with Crippen LogP contribution in [0, 0.1) is 5.82 Å². The fourth-order valence-corrected chi connectivity index (χ4v) is 3.99. The fraction of sp³-hybridized carbons (Fsp3) is 0.200. The Morgan fingerprint density at radius 1 is 1.23 bits per heavy atom. The van der Waals surface area contributed by atoms with Gasteiger partial charge in [0.25, 0.3) is 10.0 Å². The Labute approximate surface area is 127 Å². The molecule has 7 heteroatoms. The molecule has 3 rings (SSSR count). The maximum Gasteiger partial charge on any atom is 0.268 e. The van der Waals surface area contributed by atoms with Gasteiger partial charge in [0.15, 0.2) is 0 Å². The van der Waals surface area contributed by atoms with E-state index >= 15 is 0 Å². The van der Waals surface area contributed by atoms with Gasteiger partial charge in [-0.1, -0.05) is 12.1 Å². The number of benzene rings is 2. The highest BCUT2D eigenvalue weighted by molar-refractivity contribution is 7.93. The van der Waals surface area contributed by atoms with Gasteiger partial charge in [0, 0.05) is 0 Å². The lowest BCUT2D eigenvalue weighted by Crippen LogP contribution is -2.38. The summed E-state index contributed by atoms with van der Waals surface area (Å²) in [4.78, 5) is -0.202. The highest BCUT2D eigenvalue weighted by Gasteiger charge is 2.32. The second-order valence-corrected chi connectivity index (χ2v) is 6.52. The largest absolute Gasteiger partial charge is 0.495 e. The summed E-state index contributed by atoms with van der Waals surface area (Å²) in [5, 5.41) is 0. The highest BCUT2D eigenvalue weighted by Crippen LogP contribution is 2.37. The van der Waals surface area contributed by atoms with Crippen LogP contribution in [0.4, 0.5) is 10.1 Å². The van der Waals surface area contributed by atoms with E-state index < -0.39 is 15.8 Å². The van der Waals surface area contributed by atoms with E-state index in [2.05, 4.69) is 0 Å². The molecule has 1 aliphatic rings. The molecule has 0 radical (unpaired) electrons. The summed E-state index contributed by atoms with van der Waals surface area (Å²) in [7, 11) is -2.61. The number of ether oxygens (including phenoxy) is 2. The lowest BCUT2D eigenvalue weighted by Gasteiger charge is -2.30. The Morgan fingerprint density at radius 2 is 2.00 bits per heavy atom.